The lowest BCUT2D eigenvalue weighted by molar-refractivity contribution is -0.0768. The van der Waals surface area contributed by atoms with E-state index < -0.39 is 0 Å². The standard InChI is InChI=1S/C11H20O3/c1-13-11(9-2-3-9)10(12)8-4-6-14-7-5-8/h8-12H,2-7H2,1H3. The molecule has 3 heteroatoms. The largest absolute Gasteiger partial charge is 0.390 e. The highest BCUT2D eigenvalue weighted by Gasteiger charge is 2.39. The lowest BCUT2D eigenvalue weighted by atomic mass is 9.89. The molecule has 1 aliphatic heterocycles. The molecule has 2 fully saturated rings. The second kappa shape index (κ2) is 4.60. The minimum absolute atomic E-state index is 0.0677. The van der Waals surface area contributed by atoms with Crippen molar-refractivity contribution in [2.75, 3.05) is 20.3 Å². The number of aliphatic hydroxyl groups excluding tert-OH is 1. The first-order valence-corrected chi connectivity index (χ1v) is 5.61. The summed E-state index contributed by atoms with van der Waals surface area (Å²) >= 11 is 0. The fourth-order valence-corrected chi connectivity index (χ4v) is 2.36. The van der Waals surface area contributed by atoms with Gasteiger partial charge < -0.3 is 14.6 Å². The van der Waals surface area contributed by atoms with Crippen molar-refractivity contribution in [3.8, 4) is 0 Å². The highest BCUT2D eigenvalue weighted by Crippen LogP contribution is 2.38. The highest BCUT2D eigenvalue weighted by atomic mass is 16.5. The molecule has 0 aromatic heterocycles. The van der Waals surface area contributed by atoms with E-state index in [0.29, 0.717) is 11.8 Å². The molecule has 0 bridgehead atoms. The average molecular weight is 200 g/mol. The van der Waals surface area contributed by atoms with Crippen LogP contribution in [-0.4, -0.2) is 37.6 Å². The molecular weight excluding hydrogens is 180 g/mol. The van der Waals surface area contributed by atoms with Crippen LogP contribution in [0.4, 0.5) is 0 Å². The van der Waals surface area contributed by atoms with Crippen molar-refractivity contribution in [3.05, 3.63) is 0 Å². The van der Waals surface area contributed by atoms with Crippen molar-refractivity contribution in [3.63, 3.8) is 0 Å². The Bertz CT molecular complexity index is 173. The van der Waals surface area contributed by atoms with Crippen molar-refractivity contribution in [1.82, 2.24) is 0 Å². The first kappa shape index (κ1) is 10.4. The van der Waals surface area contributed by atoms with Gasteiger partial charge in [0, 0.05) is 20.3 Å². The Morgan fingerprint density at radius 1 is 1.14 bits per heavy atom. The number of methoxy groups -OCH3 is 1. The summed E-state index contributed by atoms with van der Waals surface area (Å²) in [5.74, 6) is 0.993. The van der Waals surface area contributed by atoms with Crippen LogP contribution in [0.25, 0.3) is 0 Å². The van der Waals surface area contributed by atoms with E-state index in [4.69, 9.17) is 9.47 Å². The second-order valence-corrected chi connectivity index (χ2v) is 4.48. The number of hydrogen-bond donors (Lipinski definition) is 1. The summed E-state index contributed by atoms with van der Waals surface area (Å²) in [6.45, 7) is 1.59. The number of rotatable bonds is 4. The van der Waals surface area contributed by atoms with Crippen molar-refractivity contribution >= 4 is 0 Å². The third-order valence-electron chi connectivity index (χ3n) is 3.44. The van der Waals surface area contributed by atoms with Crippen LogP contribution in [-0.2, 0) is 9.47 Å². The van der Waals surface area contributed by atoms with Crippen LogP contribution in [0.5, 0.6) is 0 Å². The van der Waals surface area contributed by atoms with Crippen LogP contribution < -0.4 is 0 Å². The minimum atomic E-state index is -0.281. The number of ether oxygens (including phenoxy) is 2. The van der Waals surface area contributed by atoms with Crippen molar-refractivity contribution in [2.45, 2.75) is 37.9 Å². The van der Waals surface area contributed by atoms with Gasteiger partial charge in [-0.2, -0.15) is 0 Å². The van der Waals surface area contributed by atoms with Crippen LogP contribution in [0.3, 0.4) is 0 Å². The maximum Gasteiger partial charge on any atom is 0.0860 e. The molecule has 82 valence electrons. The van der Waals surface area contributed by atoms with E-state index >= 15 is 0 Å². The Hall–Kier alpha value is -0.120. The molecule has 1 heterocycles. The van der Waals surface area contributed by atoms with Crippen LogP contribution in [0.1, 0.15) is 25.7 Å². The van der Waals surface area contributed by atoms with Gasteiger partial charge in [0.05, 0.1) is 12.2 Å². The molecule has 1 saturated carbocycles. The van der Waals surface area contributed by atoms with Gasteiger partial charge in [0.2, 0.25) is 0 Å². The topological polar surface area (TPSA) is 38.7 Å². The molecule has 0 aromatic rings. The quantitative estimate of drug-likeness (QED) is 0.741. The zero-order valence-electron chi connectivity index (χ0n) is 8.82. The van der Waals surface area contributed by atoms with Crippen LogP contribution in [0.2, 0.25) is 0 Å². The van der Waals surface area contributed by atoms with Crippen LogP contribution in [0, 0.1) is 11.8 Å². The molecule has 1 N–H and O–H groups in total. The maximum absolute atomic E-state index is 10.2. The van der Waals surface area contributed by atoms with E-state index in [0.717, 1.165) is 26.1 Å². The Balaban J connectivity index is 1.86. The molecule has 0 aromatic carbocycles. The van der Waals surface area contributed by atoms with Gasteiger partial charge in [-0.05, 0) is 37.5 Å². The van der Waals surface area contributed by atoms with Crippen molar-refractivity contribution in [2.24, 2.45) is 11.8 Å². The van der Waals surface area contributed by atoms with Gasteiger partial charge in [0.1, 0.15) is 0 Å². The SMILES string of the molecule is COC(C1CC1)C(O)C1CCOCC1. The predicted molar refractivity (Wildman–Crippen MR) is 53.1 cm³/mol. The third kappa shape index (κ3) is 2.27. The smallest absolute Gasteiger partial charge is 0.0860 e. The molecule has 2 rings (SSSR count). The van der Waals surface area contributed by atoms with Gasteiger partial charge in [0.25, 0.3) is 0 Å². The van der Waals surface area contributed by atoms with Gasteiger partial charge in [-0.15, -0.1) is 0 Å². The molecule has 2 atom stereocenters. The minimum Gasteiger partial charge on any atom is -0.390 e. The van der Waals surface area contributed by atoms with Gasteiger partial charge in [-0.3, -0.25) is 0 Å². The molecule has 0 amide bonds. The lowest BCUT2D eigenvalue weighted by Gasteiger charge is -2.31. The molecule has 0 radical (unpaired) electrons. The Kier molecular flexibility index (Phi) is 3.42. The fourth-order valence-electron chi connectivity index (χ4n) is 2.36. The Morgan fingerprint density at radius 3 is 2.29 bits per heavy atom. The van der Waals surface area contributed by atoms with E-state index in [2.05, 4.69) is 0 Å². The number of aliphatic hydroxyl groups is 1. The van der Waals surface area contributed by atoms with E-state index in [9.17, 15) is 5.11 Å². The third-order valence-corrected chi connectivity index (χ3v) is 3.44. The molecule has 3 nitrogen and oxygen atoms in total. The first-order chi connectivity index (χ1) is 6.83. The van der Waals surface area contributed by atoms with Crippen LogP contribution in [0.15, 0.2) is 0 Å². The summed E-state index contributed by atoms with van der Waals surface area (Å²) in [5, 5.41) is 10.2. The molecule has 0 spiro atoms. The average Bonchev–Trinajstić information content (AvgIpc) is 3.04. The first-order valence-electron chi connectivity index (χ1n) is 5.61. The normalized spacial score (nSPS) is 28.7. The maximum atomic E-state index is 10.2. The van der Waals surface area contributed by atoms with Gasteiger partial charge in [0.15, 0.2) is 0 Å². The predicted octanol–water partition coefficient (Wildman–Crippen LogP) is 1.20. The number of hydrogen-bond acceptors (Lipinski definition) is 3. The molecule has 1 aliphatic carbocycles. The molecule has 14 heavy (non-hydrogen) atoms. The monoisotopic (exact) mass is 200 g/mol. The Labute approximate surface area is 85.4 Å². The second-order valence-electron chi connectivity index (χ2n) is 4.48. The Morgan fingerprint density at radius 2 is 1.79 bits per heavy atom. The highest BCUT2D eigenvalue weighted by molar-refractivity contribution is 4.89. The van der Waals surface area contributed by atoms with Gasteiger partial charge in [-0.25, -0.2) is 0 Å². The van der Waals surface area contributed by atoms with Gasteiger partial charge >= 0.3 is 0 Å². The fraction of sp³-hybridized carbons (Fsp3) is 1.00. The zero-order valence-corrected chi connectivity index (χ0v) is 8.82. The van der Waals surface area contributed by atoms with Crippen molar-refractivity contribution in [1.29, 1.82) is 0 Å². The zero-order chi connectivity index (χ0) is 9.97. The van der Waals surface area contributed by atoms with Crippen molar-refractivity contribution < 1.29 is 14.6 Å². The van der Waals surface area contributed by atoms with E-state index in [1.165, 1.54) is 12.8 Å². The van der Waals surface area contributed by atoms with Gasteiger partial charge in [-0.1, -0.05) is 0 Å². The molecule has 1 saturated heterocycles. The van der Waals surface area contributed by atoms with E-state index in [1.807, 2.05) is 0 Å². The summed E-state index contributed by atoms with van der Waals surface area (Å²) in [6.07, 6.45) is 4.19. The van der Waals surface area contributed by atoms with E-state index in [1.54, 1.807) is 7.11 Å². The molecule has 2 aliphatic rings. The summed E-state index contributed by atoms with van der Waals surface area (Å²) in [7, 11) is 1.71. The van der Waals surface area contributed by atoms with E-state index in [-0.39, 0.29) is 12.2 Å². The summed E-state index contributed by atoms with van der Waals surface area (Å²) in [5.41, 5.74) is 0. The molecular formula is C11H20O3. The summed E-state index contributed by atoms with van der Waals surface area (Å²) < 4.78 is 10.7. The summed E-state index contributed by atoms with van der Waals surface area (Å²) in [4.78, 5) is 0. The summed E-state index contributed by atoms with van der Waals surface area (Å²) in [6, 6.07) is 0. The van der Waals surface area contributed by atoms with Crippen LogP contribution >= 0.6 is 0 Å². The lowest BCUT2D eigenvalue weighted by Crippen LogP contribution is -2.39. The molecule has 2 unspecified atom stereocenters.